The third kappa shape index (κ3) is 8.64. The van der Waals surface area contributed by atoms with E-state index < -0.39 is 6.10 Å². The molecule has 0 amide bonds. The van der Waals surface area contributed by atoms with Gasteiger partial charge in [0.2, 0.25) is 0 Å². The van der Waals surface area contributed by atoms with Gasteiger partial charge in [-0.1, -0.05) is 13.8 Å². The fourth-order valence-corrected chi connectivity index (χ4v) is 2.53. The van der Waals surface area contributed by atoms with Crippen LogP contribution < -0.4 is 5.32 Å². The zero-order valence-electron chi connectivity index (χ0n) is 12.9. The summed E-state index contributed by atoms with van der Waals surface area (Å²) in [4.78, 5) is 4.40. The van der Waals surface area contributed by atoms with Crippen molar-refractivity contribution >= 4 is 11.3 Å². The van der Waals surface area contributed by atoms with E-state index >= 15 is 0 Å². The summed E-state index contributed by atoms with van der Waals surface area (Å²) in [7, 11) is 0. The van der Waals surface area contributed by atoms with Crippen LogP contribution in [-0.4, -0.2) is 42.5 Å². The summed E-state index contributed by atoms with van der Waals surface area (Å²) in [5.74, 6) is 0.722. The van der Waals surface area contributed by atoms with Crippen molar-refractivity contribution in [1.82, 2.24) is 10.3 Å². The number of nitrogens with one attached hydrogen (secondary N) is 1. The highest BCUT2D eigenvalue weighted by Gasteiger charge is 2.04. The van der Waals surface area contributed by atoms with Crippen LogP contribution in [0, 0.1) is 12.8 Å². The fraction of sp³-hybridized carbons (Fsp3) is 0.800. The Balaban J connectivity index is 1.93. The predicted molar refractivity (Wildman–Crippen MR) is 84.3 cm³/mol. The first-order valence-electron chi connectivity index (χ1n) is 7.45. The molecule has 1 rings (SSSR count). The van der Waals surface area contributed by atoms with Crippen molar-refractivity contribution in [3.8, 4) is 0 Å². The Morgan fingerprint density at radius 1 is 1.45 bits per heavy atom. The molecule has 116 valence electrons. The second-order valence-corrected chi connectivity index (χ2v) is 6.64. The van der Waals surface area contributed by atoms with Crippen LogP contribution >= 0.6 is 11.3 Å². The lowest BCUT2D eigenvalue weighted by Gasteiger charge is -2.12. The number of aliphatic hydroxyl groups is 1. The first-order chi connectivity index (χ1) is 9.58. The van der Waals surface area contributed by atoms with Gasteiger partial charge in [0.05, 0.1) is 23.4 Å². The minimum absolute atomic E-state index is 0.418. The van der Waals surface area contributed by atoms with E-state index in [-0.39, 0.29) is 0 Å². The molecule has 5 heteroatoms. The number of aliphatic hydroxyl groups excluding tert-OH is 1. The Bertz CT molecular complexity index is 355. The maximum atomic E-state index is 9.76. The Hall–Kier alpha value is -0.490. The quantitative estimate of drug-likeness (QED) is 0.616. The van der Waals surface area contributed by atoms with E-state index in [4.69, 9.17) is 4.74 Å². The number of nitrogens with zero attached hydrogens (tertiary/aromatic N) is 1. The van der Waals surface area contributed by atoms with Gasteiger partial charge in [-0.25, -0.2) is 4.98 Å². The van der Waals surface area contributed by atoms with Crippen molar-refractivity contribution in [2.75, 3.05) is 26.3 Å². The third-order valence-electron chi connectivity index (χ3n) is 2.98. The van der Waals surface area contributed by atoms with E-state index in [0.717, 1.165) is 42.6 Å². The average molecular weight is 300 g/mol. The van der Waals surface area contributed by atoms with Crippen LogP contribution in [0.3, 0.4) is 0 Å². The molecule has 0 fully saturated rings. The number of thiazole rings is 1. The fourth-order valence-electron chi connectivity index (χ4n) is 1.88. The molecule has 1 aromatic heterocycles. The van der Waals surface area contributed by atoms with Crippen LogP contribution in [0.5, 0.6) is 0 Å². The smallest absolute Gasteiger partial charge is 0.0897 e. The number of rotatable bonds is 11. The van der Waals surface area contributed by atoms with E-state index in [2.05, 4.69) is 29.5 Å². The lowest BCUT2D eigenvalue weighted by molar-refractivity contribution is 0.0349. The maximum Gasteiger partial charge on any atom is 0.0897 e. The van der Waals surface area contributed by atoms with Gasteiger partial charge < -0.3 is 15.2 Å². The molecule has 2 N–H and O–H groups in total. The van der Waals surface area contributed by atoms with Gasteiger partial charge in [-0.15, -0.1) is 11.3 Å². The zero-order chi connectivity index (χ0) is 14.8. The van der Waals surface area contributed by atoms with Crippen LogP contribution in [0.2, 0.25) is 0 Å². The highest BCUT2D eigenvalue weighted by molar-refractivity contribution is 7.09. The summed E-state index contributed by atoms with van der Waals surface area (Å²) in [6.45, 7) is 9.02. The molecule has 0 radical (unpaired) electrons. The number of aromatic nitrogens is 1. The van der Waals surface area contributed by atoms with E-state index in [1.54, 1.807) is 11.3 Å². The molecular formula is C15H28N2O2S. The van der Waals surface area contributed by atoms with Crippen molar-refractivity contribution in [3.63, 3.8) is 0 Å². The molecular weight excluding hydrogens is 272 g/mol. The van der Waals surface area contributed by atoms with Gasteiger partial charge in [0, 0.05) is 31.5 Å². The Kier molecular flexibility index (Phi) is 9.02. The molecule has 0 saturated heterocycles. The molecule has 0 spiro atoms. The number of ether oxygens (including phenoxy) is 1. The maximum absolute atomic E-state index is 9.76. The minimum atomic E-state index is -0.425. The molecule has 1 aromatic rings. The first kappa shape index (κ1) is 17.6. The number of hydrogen-bond donors (Lipinski definition) is 2. The predicted octanol–water partition coefficient (Wildman–Crippen LogP) is 2.40. The van der Waals surface area contributed by atoms with Gasteiger partial charge >= 0.3 is 0 Å². The lowest BCUT2D eigenvalue weighted by atomic mass is 10.1. The molecule has 0 aliphatic carbocycles. The molecule has 0 bridgehead atoms. The van der Waals surface area contributed by atoms with Crippen molar-refractivity contribution in [3.05, 3.63) is 16.1 Å². The van der Waals surface area contributed by atoms with Crippen molar-refractivity contribution in [2.45, 2.75) is 46.1 Å². The van der Waals surface area contributed by atoms with Crippen LogP contribution in [0.1, 0.15) is 37.4 Å². The molecule has 20 heavy (non-hydrogen) atoms. The first-order valence-corrected chi connectivity index (χ1v) is 8.33. The molecule has 0 aliphatic rings. The summed E-state index contributed by atoms with van der Waals surface area (Å²) < 4.78 is 5.46. The van der Waals surface area contributed by atoms with Crippen LogP contribution in [0.4, 0.5) is 0 Å². The van der Waals surface area contributed by atoms with Crippen LogP contribution in [0.15, 0.2) is 5.38 Å². The normalized spacial score (nSPS) is 13.1. The van der Waals surface area contributed by atoms with Gasteiger partial charge in [0.15, 0.2) is 0 Å². The molecule has 1 unspecified atom stereocenters. The van der Waals surface area contributed by atoms with E-state index in [9.17, 15) is 5.11 Å². The van der Waals surface area contributed by atoms with Crippen LogP contribution in [-0.2, 0) is 11.2 Å². The SMILES string of the molecule is Cc1nc(CCNCC(O)COCCCC(C)C)cs1. The molecule has 1 atom stereocenters. The van der Waals surface area contributed by atoms with Crippen molar-refractivity contribution < 1.29 is 9.84 Å². The molecule has 1 heterocycles. The second kappa shape index (κ2) is 10.3. The van der Waals surface area contributed by atoms with Crippen molar-refractivity contribution in [2.24, 2.45) is 5.92 Å². The van der Waals surface area contributed by atoms with Gasteiger partial charge in [0.25, 0.3) is 0 Å². The van der Waals surface area contributed by atoms with E-state index in [1.807, 2.05) is 6.92 Å². The van der Waals surface area contributed by atoms with Gasteiger partial charge in [-0.2, -0.15) is 0 Å². The average Bonchev–Trinajstić information content (AvgIpc) is 2.80. The highest BCUT2D eigenvalue weighted by Crippen LogP contribution is 2.07. The molecule has 0 saturated carbocycles. The monoisotopic (exact) mass is 300 g/mol. The summed E-state index contributed by atoms with van der Waals surface area (Å²) in [5.41, 5.74) is 1.12. The van der Waals surface area contributed by atoms with Crippen LogP contribution in [0.25, 0.3) is 0 Å². The largest absolute Gasteiger partial charge is 0.389 e. The van der Waals surface area contributed by atoms with E-state index in [0.29, 0.717) is 13.2 Å². The highest BCUT2D eigenvalue weighted by atomic mass is 32.1. The van der Waals surface area contributed by atoms with Gasteiger partial charge in [0.1, 0.15) is 0 Å². The van der Waals surface area contributed by atoms with Gasteiger partial charge in [-0.3, -0.25) is 0 Å². The standard InChI is InChI=1S/C15H28N2O2S/c1-12(2)5-4-8-19-10-15(18)9-16-7-6-14-11-20-13(3)17-14/h11-12,15-16,18H,4-10H2,1-3H3. The minimum Gasteiger partial charge on any atom is -0.389 e. The lowest BCUT2D eigenvalue weighted by Crippen LogP contribution is -2.31. The second-order valence-electron chi connectivity index (χ2n) is 5.58. The summed E-state index contributed by atoms with van der Waals surface area (Å²) in [6.07, 6.45) is 2.74. The Morgan fingerprint density at radius 2 is 2.25 bits per heavy atom. The Labute approximate surface area is 126 Å². The topological polar surface area (TPSA) is 54.4 Å². The third-order valence-corrected chi connectivity index (χ3v) is 3.81. The molecule has 0 aromatic carbocycles. The van der Waals surface area contributed by atoms with Gasteiger partial charge in [-0.05, 0) is 25.7 Å². The Morgan fingerprint density at radius 3 is 2.90 bits per heavy atom. The number of aryl methyl sites for hydroxylation is 1. The summed E-state index contributed by atoms with van der Waals surface area (Å²) in [5, 5.41) is 16.2. The summed E-state index contributed by atoms with van der Waals surface area (Å²) in [6, 6.07) is 0. The van der Waals surface area contributed by atoms with Crippen molar-refractivity contribution in [1.29, 1.82) is 0 Å². The number of hydrogen-bond acceptors (Lipinski definition) is 5. The van der Waals surface area contributed by atoms with E-state index in [1.165, 1.54) is 6.42 Å². The summed E-state index contributed by atoms with van der Waals surface area (Å²) >= 11 is 1.68. The molecule has 0 aliphatic heterocycles. The zero-order valence-corrected chi connectivity index (χ0v) is 13.7. The molecule has 4 nitrogen and oxygen atoms in total.